The van der Waals surface area contributed by atoms with Gasteiger partial charge in [0.05, 0.1) is 23.6 Å². The number of hydrogen-bond acceptors (Lipinski definition) is 4. The van der Waals surface area contributed by atoms with Crippen LogP contribution in [0.5, 0.6) is 0 Å². The van der Waals surface area contributed by atoms with E-state index in [1.165, 1.54) is 30.3 Å². The van der Waals surface area contributed by atoms with Crippen LogP contribution in [0.15, 0.2) is 48.8 Å². The van der Waals surface area contributed by atoms with Gasteiger partial charge >= 0.3 is 0 Å². The second-order valence-corrected chi connectivity index (χ2v) is 7.43. The molecule has 1 atom stereocenters. The van der Waals surface area contributed by atoms with Crippen LogP contribution in [0.1, 0.15) is 37.8 Å². The molecule has 0 bridgehead atoms. The third kappa shape index (κ3) is 6.35. The first-order valence-corrected chi connectivity index (χ1v) is 10.4. The van der Waals surface area contributed by atoms with Crippen molar-refractivity contribution < 1.29 is 27.6 Å². The molecule has 3 rings (SSSR count). The van der Waals surface area contributed by atoms with Gasteiger partial charge < -0.3 is 20.9 Å². The summed E-state index contributed by atoms with van der Waals surface area (Å²) in [7, 11) is 0. The largest absolute Gasteiger partial charge is 0.348 e. The molecule has 1 unspecified atom stereocenters. The molecule has 3 amide bonds. The normalized spacial score (nSPS) is 11.5. The number of aromatic nitrogens is 2. The maximum absolute atomic E-state index is 13.4. The van der Waals surface area contributed by atoms with E-state index in [9.17, 15) is 27.6 Å². The van der Waals surface area contributed by atoms with Crippen molar-refractivity contribution in [3.05, 3.63) is 76.6 Å². The summed E-state index contributed by atoms with van der Waals surface area (Å²) >= 11 is 5.89. The van der Waals surface area contributed by atoms with Crippen LogP contribution in [0.3, 0.4) is 0 Å². The van der Waals surface area contributed by atoms with Gasteiger partial charge in [0.2, 0.25) is 0 Å². The number of rotatable bonds is 9. The third-order valence-corrected chi connectivity index (χ3v) is 4.88. The van der Waals surface area contributed by atoms with E-state index < -0.39 is 42.9 Å². The average molecular weight is 494 g/mol. The van der Waals surface area contributed by atoms with Crippen molar-refractivity contribution in [2.75, 3.05) is 23.9 Å². The number of aromatic amines is 1. The lowest BCUT2D eigenvalue weighted by atomic mass is 10.2. The molecule has 34 heavy (non-hydrogen) atoms. The number of nitrogens with zero attached hydrogens (tertiary/aromatic N) is 1. The van der Waals surface area contributed by atoms with Crippen LogP contribution in [0.25, 0.3) is 0 Å². The Labute approximate surface area is 196 Å². The summed E-state index contributed by atoms with van der Waals surface area (Å²) in [5.41, 5.74) is 0.418. The number of hydrogen-bond donors (Lipinski definition) is 4. The molecule has 178 valence electrons. The van der Waals surface area contributed by atoms with Crippen LogP contribution >= 0.6 is 11.6 Å². The van der Waals surface area contributed by atoms with Crippen molar-refractivity contribution in [1.29, 1.82) is 0 Å². The van der Waals surface area contributed by atoms with Gasteiger partial charge in [0, 0.05) is 24.3 Å². The Morgan fingerprint density at radius 1 is 1.00 bits per heavy atom. The molecule has 12 heteroatoms. The van der Waals surface area contributed by atoms with E-state index in [4.69, 9.17) is 11.6 Å². The molecule has 0 fully saturated rings. The lowest BCUT2D eigenvalue weighted by Gasteiger charge is -2.10. The van der Waals surface area contributed by atoms with Crippen LogP contribution in [-0.4, -0.2) is 47.1 Å². The van der Waals surface area contributed by atoms with Gasteiger partial charge in [-0.15, -0.1) is 0 Å². The van der Waals surface area contributed by atoms with Crippen molar-refractivity contribution in [2.24, 2.45) is 0 Å². The molecule has 8 nitrogen and oxygen atoms in total. The van der Waals surface area contributed by atoms with E-state index >= 15 is 0 Å². The second-order valence-electron chi connectivity index (χ2n) is 7.02. The average Bonchev–Trinajstić information content (AvgIpc) is 3.29. The topological polar surface area (TPSA) is 116 Å². The Hall–Kier alpha value is -3.86. The van der Waals surface area contributed by atoms with Crippen molar-refractivity contribution in [3.63, 3.8) is 0 Å². The Kier molecular flexibility index (Phi) is 8.25. The molecule has 2 aromatic carbocycles. The lowest BCUT2D eigenvalue weighted by molar-refractivity contribution is 0.0923. The maximum Gasteiger partial charge on any atom is 0.276 e. The standard InChI is InChI=1S/C22H19ClF3N5O3/c23-17-9-12(25)1-6-16(17)20(32)30-14-2-4-15(5-3-14)31-22(34)19-18(28-11-29-19)21(33)27-10-13(26)7-8-24/h1-6,9,11,13H,7-8,10H2,(H,27,33)(H,28,29)(H,30,32)(H,31,34). The Bertz CT molecular complexity index is 1190. The van der Waals surface area contributed by atoms with Crippen molar-refractivity contribution >= 4 is 40.7 Å². The highest BCUT2D eigenvalue weighted by Gasteiger charge is 2.21. The highest BCUT2D eigenvalue weighted by atomic mass is 35.5. The number of H-pyrrole nitrogens is 1. The zero-order chi connectivity index (χ0) is 24.7. The number of benzene rings is 2. The molecular formula is C22H19ClF3N5O3. The number of anilines is 2. The number of carbonyl (C=O) groups excluding carboxylic acids is 3. The zero-order valence-electron chi connectivity index (χ0n) is 17.5. The number of alkyl halides is 2. The molecule has 1 aromatic heterocycles. The van der Waals surface area contributed by atoms with Crippen molar-refractivity contribution in [1.82, 2.24) is 15.3 Å². The number of carbonyl (C=O) groups is 3. The minimum atomic E-state index is -1.55. The molecule has 3 aromatic rings. The molecule has 0 saturated carbocycles. The predicted octanol–water partition coefficient (Wildman–Crippen LogP) is 4.13. The molecule has 0 radical (unpaired) electrons. The van der Waals surface area contributed by atoms with E-state index in [1.807, 2.05) is 0 Å². The van der Waals surface area contributed by atoms with Gasteiger partial charge in [0.1, 0.15) is 17.7 Å². The van der Waals surface area contributed by atoms with E-state index in [-0.39, 0.29) is 28.4 Å². The second kappa shape index (κ2) is 11.3. The fourth-order valence-electron chi connectivity index (χ4n) is 2.85. The summed E-state index contributed by atoms with van der Waals surface area (Å²) in [5.74, 6) is -2.58. The zero-order valence-corrected chi connectivity index (χ0v) is 18.3. The summed E-state index contributed by atoms with van der Waals surface area (Å²) in [5, 5.41) is 7.39. The number of nitrogens with one attached hydrogen (secondary N) is 4. The van der Waals surface area contributed by atoms with Crippen LogP contribution in [0, 0.1) is 5.82 Å². The Morgan fingerprint density at radius 3 is 2.26 bits per heavy atom. The molecule has 0 spiro atoms. The lowest BCUT2D eigenvalue weighted by Crippen LogP contribution is -2.32. The fraction of sp³-hybridized carbons (Fsp3) is 0.182. The monoisotopic (exact) mass is 493 g/mol. The minimum Gasteiger partial charge on any atom is -0.348 e. The molecule has 0 aliphatic carbocycles. The quantitative estimate of drug-likeness (QED) is 0.358. The minimum absolute atomic E-state index is 0.0373. The number of amides is 3. The molecule has 0 aliphatic heterocycles. The summed E-state index contributed by atoms with van der Waals surface area (Å²) in [6.07, 6.45) is -0.756. The first-order valence-electron chi connectivity index (χ1n) is 9.98. The van der Waals surface area contributed by atoms with Crippen LogP contribution in [-0.2, 0) is 0 Å². The van der Waals surface area contributed by atoms with E-state index in [0.717, 1.165) is 18.5 Å². The first kappa shape index (κ1) is 24.8. The first-order chi connectivity index (χ1) is 16.3. The molecule has 0 aliphatic rings. The number of imidazole rings is 1. The van der Waals surface area contributed by atoms with Gasteiger partial charge in [-0.1, -0.05) is 11.6 Å². The highest BCUT2D eigenvalue weighted by Crippen LogP contribution is 2.20. The SMILES string of the molecule is O=C(Nc1ccc(NC(=O)c2nc[nH]c2C(=O)NCC(F)CCF)cc1)c1ccc(F)cc1Cl. The predicted molar refractivity (Wildman–Crippen MR) is 120 cm³/mol. The maximum atomic E-state index is 13.4. The van der Waals surface area contributed by atoms with Gasteiger partial charge in [-0.2, -0.15) is 0 Å². The van der Waals surface area contributed by atoms with E-state index in [2.05, 4.69) is 25.9 Å². The summed E-state index contributed by atoms with van der Waals surface area (Å²) in [6.45, 7) is -1.25. The van der Waals surface area contributed by atoms with Crippen LogP contribution in [0.2, 0.25) is 5.02 Å². The van der Waals surface area contributed by atoms with Gasteiger partial charge in [0.15, 0.2) is 5.69 Å². The Balaban J connectivity index is 1.61. The van der Waals surface area contributed by atoms with Crippen molar-refractivity contribution in [2.45, 2.75) is 12.6 Å². The molecule has 4 N–H and O–H groups in total. The molecule has 1 heterocycles. The third-order valence-electron chi connectivity index (χ3n) is 4.56. The molecular weight excluding hydrogens is 475 g/mol. The smallest absolute Gasteiger partial charge is 0.276 e. The summed E-state index contributed by atoms with van der Waals surface area (Å²) in [4.78, 5) is 43.4. The van der Waals surface area contributed by atoms with Crippen molar-refractivity contribution in [3.8, 4) is 0 Å². The Morgan fingerprint density at radius 2 is 1.65 bits per heavy atom. The summed E-state index contributed by atoms with van der Waals surface area (Å²) in [6, 6.07) is 9.41. The van der Waals surface area contributed by atoms with Gasteiger partial charge in [-0.3, -0.25) is 18.8 Å². The highest BCUT2D eigenvalue weighted by molar-refractivity contribution is 6.34. The van der Waals surface area contributed by atoms with Gasteiger partial charge in [0.25, 0.3) is 17.7 Å². The van der Waals surface area contributed by atoms with Crippen LogP contribution in [0.4, 0.5) is 24.5 Å². The summed E-state index contributed by atoms with van der Waals surface area (Å²) < 4.78 is 38.7. The molecule has 0 saturated heterocycles. The van der Waals surface area contributed by atoms with Gasteiger partial charge in [-0.05, 0) is 42.5 Å². The van der Waals surface area contributed by atoms with Gasteiger partial charge in [-0.25, -0.2) is 13.8 Å². The van der Waals surface area contributed by atoms with E-state index in [1.54, 1.807) is 0 Å². The number of halogens is 4. The van der Waals surface area contributed by atoms with Crippen LogP contribution < -0.4 is 16.0 Å². The fourth-order valence-corrected chi connectivity index (χ4v) is 3.10. The van der Waals surface area contributed by atoms with E-state index in [0.29, 0.717) is 11.4 Å².